The summed E-state index contributed by atoms with van der Waals surface area (Å²) in [4.78, 5) is 7.55. The van der Waals surface area contributed by atoms with Gasteiger partial charge in [0.25, 0.3) is 0 Å². The molecule has 0 amide bonds. The Labute approximate surface area is 75.4 Å². The number of hydrogen-bond acceptors (Lipinski definition) is 3. The molecule has 1 aromatic rings. The molecular formula is C8H7ClN2O. The molecule has 1 heterocycles. The molecule has 0 aromatic carbocycles. The van der Waals surface area contributed by atoms with E-state index in [1.807, 2.05) is 0 Å². The zero-order chi connectivity index (χ0) is 8.81. The van der Waals surface area contributed by atoms with E-state index in [1.165, 1.54) is 6.20 Å². The van der Waals surface area contributed by atoms with Gasteiger partial charge in [0.2, 0.25) is 5.28 Å². The van der Waals surface area contributed by atoms with E-state index >= 15 is 0 Å². The quantitative estimate of drug-likeness (QED) is 0.518. The molecule has 0 saturated carbocycles. The fraction of sp³-hybridized carbons (Fsp3) is 0.250. The van der Waals surface area contributed by atoms with E-state index < -0.39 is 0 Å². The predicted molar refractivity (Wildman–Crippen MR) is 45.6 cm³/mol. The minimum Gasteiger partial charge on any atom is -0.395 e. The first-order chi connectivity index (χ1) is 5.83. The highest BCUT2D eigenvalue weighted by Gasteiger charge is 1.90. The van der Waals surface area contributed by atoms with E-state index in [9.17, 15) is 0 Å². The van der Waals surface area contributed by atoms with Crippen LogP contribution in [0.4, 0.5) is 0 Å². The van der Waals surface area contributed by atoms with E-state index in [0.29, 0.717) is 12.1 Å². The van der Waals surface area contributed by atoms with Crippen molar-refractivity contribution in [3.63, 3.8) is 0 Å². The predicted octanol–water partition coefficient (Wildman–Crippen LogP) is 0.864. The monoisotopic (exact) mass is 182 g/mol. The number of aromatic nitrogens is 2. The normalized spacial score (nSPS) is 8.83. The summed E-state index contributed by atoms with van der Waals surface area (Å²) in [6, 6.07) is 1.66. The van der Waals surface area contributed by atoms with Crippen molar-refractivity contribution in [2.24, 2.45) is 0 Å². The molecule has 12 heavy (non-hydrogen) atoms. The summed E-state index contributed by atoms with van der Waals surface area (Å²) in [5.74, 6) is 5.47. The van der Waals surface area contributed by atoms with Gasteiger partial charge in [-0.05, 0) is 23.6 Å². The smallest absolute Gasteiger partial charge is 0.223 e. The molecule has 0 aliphatic rings. The lowest BCUT2D eigenvalue weighted by atomic mass is 10.4. The van der Waals surface area contributed by atoms with Gasteiger partial charge in [0, 0.05) is 12.6 Å². The highest BCUT2D eigenvalue weighted by molar-refractivity contribution is 6.28. The Kier molecular flexibility index (Phi) is 3.52. The van der Waals surface area contributed by atoms with Crippen molar-refractivity contribution in [2.45, 2.75) is 6.42 Å². The maximum absolute atomic E-state index is 8.44. The van der Waals surface area contributed by atoms with E-state index in [2.05, 4.69) is 21.8 Å². The van der Waals surface area contributed by atoms with Crippen LogP contribution in [-0.2, 0) is 0 Å². The van der Waals surface area contributed by atoms with Crippen molar-refractivity contribution >= 4 is 11.6 Å². The van der Waals surface area contributed by atoms with Crippen LogP contribution >= 0.6 is 11.6 Å². The fourth-order valence-corrected chi connectivity index (χ4v) is 0.761. The second-order valence-electron chi connectivity index (χ2n) is 1.99. The molecule has 0 aliphatic heterocycles. The molecule has 0 fully saturated rings. The second-order valence-corrected chi connectivity index (χ2v) is 2.32. The molecule has 1 rings (SSSR count). The van der Waals surface area contributed by atoms with Gasteiger partial charge in [0.1, 0.15) is 5.69 Å². The molecule has 0 unspecified atom stereocenters. The van der Waals surface area contributed by atoms with Crippen LogP contribution in [0, 0.1) is 11.8 Å². The Balaban J connectivity index is 2.71. The first-order valence-corrected chi connectivity index (χ1v) is 3.79. The number of nitrogens with zero attached hydrogens (tertiary/aromatic N) is 2. The molecule has 0 atom stereocenters. The molecule has 0 aliphatic carbocycles. The maximum atomic E-state index is 8.44. The largest absolute Gasteiger partial charge is 0.395 e. The number of halogens is 1. The molecule has 0 saturated heterocycles. The van der Waals surface area contributed by atoms with E-state index in [1.54, 1.807) is 6.07 Å². The molecule has 4 heteroatoms. The zero-order valence-electron chi connectivity index (χ0n) is 6.29. The van der Waals surface area contributed by atoms with Crippen molar-refractivity contribution in [3.05, 3.63) is 23.2 Å². The number of hydrogen-bond donors (Lipinski definition) is 1. The Morgan fingerprint density at radius 3 is 3.08 bits per heavy atom. The average molecular weight is 183 g/mol. The standard InChI is InChI=1S/C8H7ClN2O/c9-8-10-5-4-7(11-8)3-1-2-6-12/h4-5,12H,2,6H2. The lowest BCUT2D eigenvalue weighted by Crippen LogP contribution is -1.85. The molecule has 3 nitrogen and oxygen atoms in total. The van der Waals surface area contributed by atoms with E-state index in [4.69, 9.17) is 16.7 Å². The van der Waals surface area contributed by atoms with Crippen molar-refractivity contribution in [1.82, 2.24) is 9.97 Å². The van der Waals surface area contributed by atoms with Crippen LogP contribution in [0.15, 0.2) is 12.3 Å². The first-order valence-electron chi connectivity index (χ1n) is 3.41. The summed E-state index contributed by atoms with van der Waals surface area (Å²) in [5, 5.41) is 8.62. The van der Waals surface area contributed by atoms with Crippen LogP contribution in [0.3, 0.4) is 0 Å². The summed E-state index contributed by atoms with van der Waals surface area (Å²) in [6.07, 6.45) is 1.99. The Bertz CT molecular complexity index is 316. The molecule has 0 spiro atoms. The van der Waals surface area contributed by atoms with Gasteiger partial charge in [0.15, 0.2) is 0 Å². The first kappa shape index (κ1) is 8.98. The van der Waals surface area contributed by atoms with Crippen molar-refractivity contribution in [1.29, 1.82) is 0 Å². The molecule has 1 N–H and O–H groups in total. The minimum absolute atomic E-state index is 0.0613. The lowest BCUT2D eigenvalue weighted by molar-refractivity contribution is 0.305. The summed E-state index contributed by atoms with van der Waals surface area (Å²) in [6.45, 7) is 0.0613. The summed E-state index contributed by atoms with van der Waals surface area (Å²) in [5.41, 5.74) is 0.573. The van der Waals surface area contributed by atoms with Gasteiger partial charge in [-0.25, -0.2) is 9.97 Å². The Hall–Kier alpha value is -1.11. The van der Waals surface area contributed by atoms with Crippen LogP contribution in [0.25, 0.3) is 0 Å². The molecule has 0 bridgehead atoms. The van der Waals surface area contributed by atoms with Crippen molar-refractivity contribution < 1.29 is 5.11 Å². The average Bonchev–Trinajstić information content (AvgIpc) is 2.05. The van der Waals surface area contributed by atoms with Gasteiger partial charge in [-0.1, -0.05) is 5.92 Å². The van der Waals surface area contributed by atoms with E-state index in [-0.39, 0.29) is 11.9 Å². The number of aliphatic hydroxyl groups is 1. The van der Waals surface area contributed by atoms with Crippen LogP contribution in [-0.4, -0.2) is 21.7 Å². The SMILES string of the molecule is OCCC#Cc1ccnc(Cl)n1. The number of rotatable bonds is 1. The second kappa shape index (κ2) is 4.70. The van der Waals surface area contributed by atoms with Crippen LogP contribution in [0.2, 0.25) is 5.28 Å². The highest BCUT2D eigenvalue weighted by atomic mass is 35.5. The molecular weight excluding hydrogens is 176 g/mol. The third-order valence-corrected chi connectivity index (χ3v) is 1.26. The van der Waals surface area contributed by atoms with Crippen molar-refractivity contribution in [3.8, 4) is 11.8 Å². The number of aliphatic hydroxyl groups excluding tert-OH is 1. The fourth-order valence-electron chi connectivity index (χ4n) is 0.613. The maximum Gasteiger partial charge on any atom is 0.223 e. The van der Waals surface area contributed by atoms with Gasteiger partial charge in [-0.15, -0.1) is 0 Å². The zero-order valence-corrected chi connectivity index (χ0v) is 7.04. The highest BCUT2D eigenvalue weighted by Crippen LogP contribution is 1.98. The lowest BCUT2D eigenvalue weighted by Gasteiger charge is -1.88. The topological polar surface area (TPSA) is 46.0 Å². The van der Waals surface area contributed by atoms with E-state index in [0.717, 1.165) is 0 Å². The Morgan fingerprint density at radius 1 is 1.58 bits per heavy atom. The molecule has 0 radical (unpaired) electrons. The van der Waals surface area contributed by atoms with Gasteiger partial charge < -0.3 is 5.11 Å². The van der Waals surface area contributed by atoms with Crippen LogP contribution in [0.5, 0.6) is 0 Å². The Morgan fingerprint density at radius 2 is 2.42 bits per heavy atom. The van der Waals surface area contributed by atoms with Crippen LogP contribution < -0.4 is 0 Å². The summed E-state index contributed by atoms with van der Waals surface area (Å²) < 4.78 is 0. The third kappa shape index (κ3) is 2.87. The van der Waals surface area contributed by atoms with Gasteiger partial charge >= 0.3 is 0 Å². The molecule has 62 valence electrons. The molecule has 1 aromatic heterocycles. The van der Waals surface area contributed by atoms with Crippen LogP contribution in [0.1, 0.15) is 12.1 Å². The minimum atomic E-state index is 0.0613. The summed E-state index contributed by atoms with van der Waals surface area (Å²) in [7, 11) is 0. The van der Waals surface area contributed by atoms with Crippen molar-refractivity contribution in [2.75, 3.05) is 6.61 Å². The third-order valence-electron chi connectivity index (χ3n) is 1.08. The summed E-state index contributed by atoms with van der Waals surface area (Å²) >= 11 is 5.52. The van der Waals surface area contributed by atoms with Gasteiger partial charge in [0.05, 0.1) is 6.61 Å². The van der Waals surface area contributed by atoms with Gasteiger partial charge in [-0.3, -0.25) is 0 Å². The van der Waals surface area contributed by atoms with Gasteiger partial charge in [-0.2, -0.15) is 0 Å².